The summed E-state index contributed by atoms with van der Waals surface area (Å²) in [5.41, 5.74) is 4.86. The fraction of sp³-hybridized carbons (Fsp3) is 0.500. The molecule has 0 aliphatic carbocycles. The van der Waals surface area contributed by atoms with Gasteiger partial charge in [-0.25, -0.2) is 0 Å². The number of benzene rings is 2. The summed E-state index contributed by atoms with van der Waals surface area (Å²) in [5.74, 6) is 0.395. The molecule has 0 radical (unpaired) electrons. The molecule has 2 nitrogen and oxygen atoms in total. The predicted molar refractivity (Wildman–Crippen MR) is 110 cm³/mol. The van der Waals surface area contributed by atoms with Crippen LogP contribution in [0.4, 0.5) is 0 Å². The van der Waals surface area contributed by atoms with Crippen LogP contribution in [0.15, 0.2) is 42.5 Å². The molecule has 2 aromatic rings. The van der Waals surface area contributed by atoms with Gasteiger partial charge in [-0.05, 0) is 60.9 Å². The summed E-state index contributed by atoms with van der Waals surface area (Å²) >= 11 is 0. The highest BCUT2D eigenvalue weighted by atomic mass is 79.9. The van der Waals surface area contributed by atoms with Gasteiger partial charge >= 0.3 is 0 Å². The van der Waals surface area contributed by atoms with Crippen LogP contribution >= 0.6 is 0 Å². The average molecular weight is 432 g/mol. The second-order valence-electron chi connectivity index (χ2n) is 8.45. The largest absolute Gasteiger partial charge is 1.00 e. The van der Waals surface area contributed by atoms with E-state index in [2.05, 4.69) is 51.4 Å². The van der Waals surface area contributed by atoms with Crippen LogP contribution in [0.3, 0.4) is 0 Å². The minimum absolute atomic E-state index is 0. The predicted octanol–water partition coefficient (Wildman–Crippen LogP) is 2.58. The highest BCUT2D eigenvalue weighted by Crippen LogP contribution is 2.34. The van der Waals surface area contributed by atoms with Gasteiger partial charge in [-0.15, -0.1) is 0 Å². The van der Waals surface area contributed by atoms with Gasteiger partial charge < -0.3 is 26.6 Å². The van der Waals surface area contributed by atoms with Crippen LogP contribution in [0.25, 0.3) is 11.1 Å². The van der Waals surface area contributed by atoms with E-state index < -0.39 is 0 Å². The van der Waals surface area contributed by atoms with Crippen molar-refractivity contribution in [3.05, 3.63) is 53.6 Å². The highest BCUT2D eigenvalue weighted by molar-refractivity contribution is 5.73. The maximum absolute atomic E-state index is 10.5. The van der Waals surface area contributed by atoms with E-state index in [1.54, 1.807) is 0 Å². The van der Waals surface area contributed by atoms with E-state index in [0.29, 0.717) is 5.75 Å². The van der Waals surface area contributed by atoms with Gasteiger partial charge in [-0.3, -0.25) is 0 Å². The number of phenols is 1. The number of aryl methyl sites for hydroxylation is 2. The van der Waals surface area contributed by atoms with Crippen molar-refractivity contribution in [3.8, 4) is 16.9 Å². The van der Waals surface area contributed by atoms with Crippen molar-refractivity contribution in [2.75, 3.05) is 20.6 Å². The van der Waals surface area contributed by atoms with Crippen LogP contribution in [0.5, 0.6) is 5.75 Å². The lowest BCUT2D eigenvalue weighted by molar-refractivity contribution is -0.920. The van der Waals surface area contributed by atoms with Crippen molar-refractivity contribution in [2.45, 2.75) is 57.9 Å². The molecule has 1 atom stereocenters. The Hall–Kier alpha value is -1.32. The van der Waals surface area contributed by atoms with E-state index in [9.17, 15) is 5.11 Å². The molecule has 1 fully saturated rings. The molecule has 1 saturated heterocycles. The Morgan fingerprint density at radius 2 is 1.78 bits per heavy atom. The highest BCUT2D eigenvalue weighted by Gasteiger charge is 2.31. The Balaban J connectivity index is 0.00000261. The smallest absolute Gasteiger partial charge is 0.123 e. The number of likely N-dealkylation sites (tertiary alicyclic amines) is 1. The molecule has 0 saturated carbocycles. The summed E-state index contributed by atoms with van der Waals surface area (Å²) in [5, 5.41) is 10.5. The minimum atomic E-state index is 0. The molecule has 1 unspecified atom stereocenters. The minimum Gasteiger partial charge on any atom is -1.00 e. The van der Waals surface area contributed by atoms with E-state index in [-0.39, 0.29) is 17.0 Å². The van der Waals surface area contributed by atoms with Crippen LogP contribution in [0, 0.1) is 0 Å². The topological polar surface area (TPSA) is 20.2 Å². The van der Waals surface area contributed by atoms with Gasteiger partial charge in [0.15, 0.2) is 0 Å². The lowest BCUT2D eigenvalue weighted by atomic mass is 9.90. The molecular formula is C24H34BrNO. The maximum Gasteiger partial charge on any atom is 0.123 e. The molecule has 0 bridgehead atoms. The number of phenolic OH excluding ortho intramolecular Hbond substituents is 1. The fourth-order valence-electron chi connectivity index (χ4n) is 4.49. The van der Waals surface area contributed by atoms with Crippen LogP contribution < -0.4 is 17.0 Å². The van der Waals surface area contributed by atoms with Gasteiger partial charge in [0.1, 0.15) is 5.75 Å². The maximum atomic E-state index is 10.5. The molecule has 2 aromatic carbocycles. The standard InChI is InChI=1S/C24H33NO.BrH/c1-4-9-19-13-16-24(26)23(18-19)22-12-6-5-10-20(22)14-15-21-11-7-8-17-25(21,2)3;/h5-6,10,12-13,16,18,21H,4,7-9,11,14-15,17H2,1-3H3;1H. The first-order chi connectivity index (χ1) is 12.5. The van der Waals surface area contributed by atoms with E-state index in [0.717, 1.165) is 35.4 Å². The molecule has 3 rings (SSSR count). The number of nitrogens with zero attached hydrogens (tertiary/aromatic N) is 1. The first-order valence-electron chi connectivity index (χ1n) is 10.2. The number of hydrogen-bond acceptors (Lipinski definition) is 1. The summed E-state index contributed by atoms with van der Waals surface area (Å²) in [6, 6.07) is 15.5. The lowest BCUT2D eigenvalue weighted by Crippen LogP contribution is -3.00. The Kier molecular flexibility index (Phi) is 7.93. The zero-order valence-corrected chi connectivity index (χ0v) is 18.6. The second kappa shape index (κ2) is 9.75. The van der Waals surface area contributed by atoms with E-state index in [1.807, 2.05) is 12.1 Å². The molecule has 0 spiro atoms. The Bertz CT molecular complexity index is 741. The number of aromatic hydroxyl groups is 1. The normalized spacial score (nSPS) is 18.7. The van der Waals surface area contributed by atoms with Gasteiger partial charge in [-0.2, -0.15) is 0 Å². The molecule has 27 heavy (non-hydrogen) atoms. The van der Waals surface area contributed by atoms with Crippen LogP contribution in [0.2, 0.25) is 0 Å². The summed E-state index contributed by atoms with van der Waals surface area (Å²) in [4.78, 5) is 0. The van der Waals surface area contributed by atoms with Crippen molar-refractivity contribution in [3.63, 3.8) is 0 Å². The third-order valence-corrected chi connectivity index (χ3v) is 6.16. The Morgan fingerprint density at radius 1 is 1.00 bits per heavy atom. The zero-order chi connectivity index (χ0) is 18.6. The molecular weight excluding hydrogens is 398 g/mol. The second-order valence-corrected chi connectivity index (χ2v) is 8.45. The fourth-order valence-corrected chi connectivity index (χ4v) is 4.49. The van der Waals surface area contributed by atoms with Gasteiger partial charge in [0.05, 0.1) is 26.7 Å². The summed E-state index contributed by atoms with van der Waals surface area (Å²) in [6.45, 7) is 3.50. The van der Waals surface area contributed by atoms with Crippen molar-refractivity contribution >= 4 is 0 Å². The summed E-state index contributed by atoms with van der Waals surface area (Å²) < 4.78 is 1.15. The van der Waals surface area contributed by atoms with Crippen molar-refractivity contribution in [1.29, 1.82) is 0 Å². The molecule has 1 aliphatic heterocycles. The van der Waals surface area contributed by atoms with Crippen molar-refractivity contribution in [2.24, 2.45) is 0 Å². The average Bonchev–Trinajstić information content (AvgIpc) is 2.63. The first-order valence-corrected chi connectivity index (χ1v) is 10.2. The molecule has 1 heterocycles. The van der Waals surface area contributed by atoms with Gasteiger partial charge in [0, 0.05) is 12.0 Å². The molecule has 0 aromatic heterocycles. The Labute approximate surface area is 175 Å². The lowest BCUT2D eigenvalue weighted by Gasteiger charge is -2.42. The van der Waals surface area contributed by atoms with Crippen molar-refractivity contribution < 1.29 is 26.6 Å². The van der Waals surface area contributed by atoms with E-state index >= 15 is 0 Å². The van der Waals surface area contributed by atoms with Crippen LogP contribution in [-0.4, -0.2) is 36.3 Å². The number of halogens is 1. The number of rotatable bonds is 6. The van der Waals surface area contributed by atoms with Crippen LogP contribution in [0.1, 0.15) is 50.2 Å². The quantitative estimate of drug-likeness (QED) is 0.696. The zero-order valence-electron chi connectivity index (χ0n) is 17.0. The van der Waals surface area contributed by atoms with Gasteiger partial charge in [0.2, 0.25) is 0 Å². The number of quaternary nitrogens is 1. The number of hydrogen-bond donors (Lipinski definition) is 1. The molecule has 3 heteroatoms. The van der Waals surface area contributed by atoms with Gasteiger partial charge in [0.25, 0.3) is 0 Å². The molecule has 1 aliphatic rings. The molecule has 0 amide bonds. The monoisotopic (exact) mass is 431 g/mol. The van der Waals surface area contributed by atoms with E-state index in [1.165, 1.54) is 48.9 Å². The van der Waals surface area contributed by atoms with Gasteiger partial charge in [-0.1, -0.05) is 43.7 Å². The number of piperidine rings is 1. The Morgan fingerprint density at radius 3 is 2.52 bits per heavy atom. The summed E-state index contributed by atoms with van der Waals surface area (Å²) in [6.07, 6.45) is 8.56. The van der Waals surface area contributed by atoms with E-state index in [4.69, 9.17) is 0 Å². The van der Waals surface area contributed by atoms with Crippen molar-refractivity contribution in [1.82, 2.24) is 0 Å². The SMILES string of the molecule is CCCc1ccc(O)c(-c2ccccc2CCC2CCCC[N+]2(C)C)c1.[Br-]. The first kappa shape index (κ1) is 22.0. The molecule has 1 N–H and O–H groups in total. The molecule has 148 valence electrons. The van der Waals surface area contributed by atoms with Crippen LogP contribution in [-0.2, 0) is 12.8 Å². The third kappa shape index (κ3) is 5.36. The summed E-state index contributed by atoms with van der Waals surface area (Å²) in [7, 11) is 4.77. The third-order valence-electron chi connectivity index (χ3n) is 6.16.